The lowest BCUT2D eigenvalue weighted by molar-refractivity contribution is 0.285. The van der Waals surface area contributed by atoms with Gasteiger partial charge in [-0.3, -0.25) is 0 Å². The number of nitrogens with zero attached hydrogens (tertiary/aromatic N) is 1. The minimum Gasteiger partial charge on any atom is -0.380 e. The van der Waals surface area contributed by atoms with Crippen LogP contribution >= 0.6 is 15.9 Å². The van der Waals surface area contributed by atoms with E-state index in [4.69, 9.17) is 0 Å². The standard InChI is InChI=1S/C15H21BrF2N2/c1-2-6-20-7-3-4-11(5-8-20)19-15-10-13(17)12(16)9-14(15)18/h9-11,19H,2-8H2,1H3. The van der Waals surface area contributed by atoms with Gasteiger partial charge in [0, 0.05) is 18.7 Å². The molecule has 112 valence electrons. The first-order chi connectivity index (χ1) is 9.60. The van der Waals surface area contributed by atoms with Crippen molar-refractivity contribution >= 4 is 21.6 Å². The van der Waals surface area contributed by atoms with Crippen LogP contribution in [0.25, 0.3) is 0 Å². The van der Waals surface area contributed by atoms with Gasteiger partial charge in [-0.15, -0.1) is 0 Å². The summed E-state index contributed by atoms with van der Waals surface area (Å²) in [5.41, 5.74) is 0.264. The van der Waals surface area contributed by atoms with E-state index < -0.39 is 11.6 Å². The highest BCUT2D eigenvalue weighted by Gasteiger charge is 2.18. The third-order valence-corrected chi connectivity index (χ3v) is 4.34. The first-order valence-electron chi connectivity index (χ1n) is 7.23. The second-order valence-corrected chi connectivity index (χ2v) is 6.21. The number of halogens is 3. The molecule has 5 heteroatoms. The lowest BCUT2D eigenvalue weighted by atomic mass is 10.1. The largest absolute Gasteiger partial charge is 0.380 e. The van der Waals surface area contributed by atoms with Crippen LogP contribution in [0.15, 0.2) is 16.6 Å². The minimum absolute atomic E-state index is 0.163. The molecule has 1 unspecified atom stereocenters. The molecule has 2 nitrogen and oxygen atoms in total. The van der Waals surface area contributed by atoms with Gasteiger partial charge in [0.1, 0.15) is 11.6 Å². The summed E-state index contributed by atoms with van der Waals surface area (Å²) in [4.78, 5) is 2.44. The summed E-state index contributed by atoms with van der Waals surface area (Å²) in [6, 6.07) is 2.62. The zero-order valence-electron chi connectivity index (χ0n) is 11.8. The lowest BCUT2D eigenvalue weighted by Crippen LogP contribution is -2.27. The molecule has 1 aromatic carbocycles. The molecule has 2 rings (SSSR count). The predicted octanol–water partition coefficient (Wildman–Crippen LogP) is 4.40. The maximum absolute atomic E-state index is 13.8. The minimum atomic E-state index is -0.435. The number of hydrogen-bond acceptors (Lipinski definition) is 2. The van der Waals surface area contributed by atoms with Gasteiger partial charge in [0.25, 0.3) is 0 Å². The molecule has 0 aliphatic carbocycles. The van der Waals surface area contributed by atoms with Crippen molar-refractivity contribution < 1.29 is 8.78 Å². The summed E-state index contributed by atoms with van der Waals surface area (Å²) < 4.78 is 27.5. The Hall–Kier alpha value is -0.680. The fraction of sp³-hybridized carbons (Fsp3) is 0.600. The zero-order chi connectivity index (χ0) is 14.5. The molecule has 0 saturated carbocycles. The molecule has 0 bridgehead atoms. The molecule has 1 heterocycles. The van der Waals surface area contributed by atoms with Gasteiger partial charge < -0.3 is 10.2 Å². The summed E-state index contributed by atoms with van der Waals surface area (Å²) in [6.07, 6.45) is 4.22. The molecular weight excluding hydrogens is 326 g/mol. The van der Waals surface area contributed by atoms with Gasteiger partial charge in [-0.25, -0.2) is 8.78 Å². The topological polar surface area (TPSA) is 15.3 Å². The van der Waals surface area contributed by atoms with Gasteiger partial charge in [0.2, 0.25) is 0 Å². The van der Waals surface area contributed by atoms with Gasteiger partial charge in [0.05, 0.1) is 10.2 Å². The average Bonchev–Trinajstić information content (AvgIpc) is 2.62. The molecule has 1 fully saturated rings. The Balaban J connectivity index is 1.98. The molecule has 20 heavy (non-hydrogen) atoms. The Labute approximate surface area is 127 Å². The van der Waals surface area contributed by atoms with Crippen molar-refractivity contribution in [2.75, 3.05) is 25.0 Å². The molecular formula is C15H21BrF2N2. The number of nitrogens with one attached hydrogen (secondary N) is 1. The van der Waals surface area contributed by atoms with Crippen LogP contribution in [0.3, 0.4) is 0 Å². The van der Waals surface area contributed by atoms with E-state index in [1.807, 2.05) is 0 Å². The monoisotopic (exact) mass is 346 g/mol. The second-order valence-electron chi connectivity index (χ2n) is 5.36. The Morgan fingerprint density at radius 2 is 2.05 bits per heavy atom. The van der Waals surface area contributed by atoms with E-state index in [0.29, 0.717) is 0 Å². The Morgan fingerprint density at radius 3 is 2.80 bits per heavy atom. The molecule has 1 N–H and O–H groups in total. The van der Waals surface area contributed by atoms with E-state index in [1.165, 1.54) is 12.1 Å². The third kappa shape index (κ3) is 4.16. The molecule has 1 aliphatic rings. The molecule has 0 aromatic heterocycles. The summed E-state index contributed by atoms with van der Waals surface area (Å²) >= 11 is 2.99. The van der Waals surface area contributed by atoms with Gasteiger partial charge in [-0.2, -0.15) is 0 Å². The molecule has 1 aliphatic heterocycles. The van der Waals surface area contributed by atoms with Crippen LogP contribution in [0, 0.1) is 11.6 Å². The molecule has 0 radical (unpaired) electrons. The predicted molar refractivity (Wildman–Crippen MR) is 82.1 cm³/mol. The summed E-state index contributed by atoms with van der Waals surface area (Å²) in [7, 11) is 0. The first-order valence-corrected chi connectivity index (χ1v) is 8.03. The van der Waals surface area contributed by atoms with Crippen LogP contribution in [0.1, 0.15) is 32.6 Å². The van der Waals surface area contributed by atoms with Crippen LogP contribution in [-0.2, 0) is 0 Å². The number of benzene rings is 1. The summed E-state index contributed by atoms with van der Waals surface area (Å²) in [5, 5.41) is 3.16. The van der Waals surface area contributed by atoms with Gasteiger partial charge in [0.15, 0.2) is 0 Å². The van der Waals surface area contributed by atoms with Crippen LogP contribution < -0.4 is 5.32 Å². The highest BCUT2D eigenvalue weighted by atomic mass is 79.9. The summed E-state index contributed by atoms with van der Waals surface area (Å²) in [6.45, 7) is 5.42. The quantitative estimate of drug-likeness (QED) is 0.812. The van der Waals surface area contributed by atoms with Crippen molar-refractivity contribution in [3.8, 4) is 0 Å². The van der Waals surface area contributed by atoms with E-state index in [0.717, 1.165) is 45.3 Å². The van der Waals surface area contributed by atoms with Crippen molar-refractivity contribution in [2.24, 2.45) is 0 Å². The first kappa shape index (κ1) is 15.7. The number of likely N-dealkylation sites (tertiary alicyclic amines) is 1. The molecule has 1 atom stereocenters. The van der Waals surface area contributed by atoms with Crippen LogP contribution in [0.4, 0.5) is 14.5 Å². The van der Waals surface area contributed by atoms with Crippen LogP contribution in [0.5, 0.6) is 0 Å². The van der Waals surface area contributed by atoms with E-state index >= 15 is 0 Å². The fourth-order valence-electron chi connectivity index (χ4n) is 2.69. The molecule has 0 amide bonds. The molecule has 1 saturated heterocycles. The second kappa shape index (κ2) is 7.36. The number of anilines is 1. The van der Waals surface area contributed by atoms with Crippen LogP contribution in [0.2, 0.25) is 0 Å². The fourth-order valence-corrected chi connectivity index (χ4v) is 3.01. The third-order valence-electron chi connectivity index (χ3n) is 3.73. The van der Waals surface area contributed by atoms with Gasteiger partial charge in [-0.1, -0.05) is 6.92 Å². The van der Waals surface area contributed by atoms with E-state index in [1.54, 1.807) is 0 Å². The van der Waals surface area contributed by atoms with Gasteiger partial charge >= 0.3 is 0 Å². The van der Waals surface area contributed by atoms with E-state index in [9.17, 15) is 8.78 Å². The highest BCUT2D eigenvalue weighted by Crippen LogP contribution is 2.25. The van der Waals surface area contributed by atoms with Crippen molar-refractivity contribution in [3.05, 3.63) is 28.2 Å². The highest BCUT2D eigenvalue weighted by molar-refractivity contribution is 9.10. The average molecular weight is 347 g/mol. The Kier molecular flexibility index (Phi) is 5.78. The zero-order valence-corrected chi connectivity index (χ0v) is 13.3. The van der Waals surface area contributed by atoms with Gasteiger partial charge in [-0.05, 0) is 60.8 Å². The maximum Gasteiger partial charge on any atom is 0.147 e. The van der Waals surface area contributed by atoms with Crippen molar-refractivity contribution in [1.82, 2.24) is 4.90 Å². The summed E-state index contributed by atoms with van der Waals surface area (Å²) in [5.74, 6) is -0.844. The van der Waals surface area contributed by atoms with Crippen molar-refractivity contribution in [3.63, 3.8) is 0 Å². The normalized spacial score (nSPS) is 20.7. The van der Waals surface area contributed by atoms with E-state index in [-0.39, 0.29) is 16.2 Å². The lowest BCUT2D eigenvalue weighted by Gasteiger charge is -2.20. The smallest absolute Gasteiger partial charge is 0.147 e. The number of rotatable bonds is 4. The maximum atomic E-state index is 13.8. The SMILES string of the molecule is CCCN1CCCC(Nc2cc(F)c(Br)cc2F)CC1. The van der Waals surface area contributed by atoms with E-state index in [2.05, 4.69) is 33.1 Å². The molecule has 0 spiro atoms. The van der Waals surface area contributed by atoms with Crippen molar-refractivity contribution in [1.29, 1.82) is 0 Å². The van der Waals surface area contributed by atoms with Crippen LogP contribution in [-0.4, -0.2) is 30.6 Å². The van der Waals surface area contributed by atoms with Crippen molar-refractivity contribution in [2.45, 2.75) is 38.6 Å². The Morgan fingerprint density at radius 1 is 1.25 bits per heavy atom. The molecule has 1 aromatic rings. The Bertz CT molecular complexity index is 454. The number of hydrogen-bond donors (Lipinski definition) is 1.